The van der Waals surface area contributed by atoms with Crippen molar-refractivity contribution >= 4 is 0 Å². The fraction of sp³-hybridized carbons (Fsp3) is 1.00. The number of rotatable bonds is 1. The van der Waals surface area contributed by atoms with Gasteiger partial charge in [0.15, 0.2) is 0 Å². The van der Waals surface area contributed by atoms with Crippen LogP contribution in [0.5, 0.6) is 0 Å². The van der Waals surface area contributed by atoms with Gasteiger partial charge in [-0.3, -0.25) is 0 Å². The Morgan fingerprint density at radius 1 is 1.07 bits per heavy atom. The second kappa shape index (κ2) is 4.42. The first-order chi connectivity index (χ1) is 7.08. The second-order valence-corrected chi connectivity index (χ2v) is 6.23. The van der Waals surface area contributed by atoms with Crippen LogP contribution in [0.1, 0.15) is 58.8 Å². The molecule has 88 valence electrons. The fourth-order valence-corrected chi connectivity index (χ4v) is 3.23. The average Bonchev–Trinajstić information content (AvgIpc) is 2.19. The van der Waals surface area contributed by atoms with Crippen molar-refractivity contribution in [3.05, 3.63) is 0 Å². The van der Waals surface area contributed by atoms with Gasteiger partial charge in [0.2, 0.25) is 0 Å². The van der Waals surface area contributed by atoms with Crippen molar-refractivity contribution in [2.75, 3.05) is 6.54 Å². The van der Waals surface area contributed by atoms with Gasteiger partial charge in [-0.05, 0) is 49.9 Å². The third-order valence-corrected chi connectivity index (χ3v) is 4.45. The maximum absolute atomic E-state index is 9.88. The van der Waals surface area contributed by atoms with E-state index in [4.69, 9.17) is 0 Å². The van der Waals surface area contributed by atoms with Crippen LogP contribution in [0.4, 0.5) is 0 Å². The molecule has 2 fully saturated rings. The minimum absolute atomic E-state index is 0.467. The number of piperidine rings is 1. The highest BCUT2D eigenvalue weighted by Gasteiger charge is 2.34. The lowest BCUT2D eigenvalue weighted by Crippen LogP contribution is -2.43. The molecule has 1 heterocycles. The third-order valence-electron chi connectivity index (χ3n) is 4.45. The third kappa shape index (κ3) is 2.73. The Kier molecular flexibility index (Phi) is 3.36. The largest absolute Gasteiger partial charge is 0.314 e. The van der Waals surface area contributed by atoms with E-state index in [9.17, 15) is 5.21 Å². The molecule has 0 radical (unpaired) electrons. The predicted molar refractivity (Wildman–Crippen MR) is 61.9 cm³/mol. The Hall–Kier alpha value is -0.0800. The first-order valence-corrected chi connectivity index (χ1v) is 6.54. The summed E-state index contributed by atoms with van der Waals surface area (Å²) in [5, 5.41) is 11.5. The molecule has 1 aliphatic carbocycles. The molecule has 1 aliphatic heterocycles. The number of nitrogens with zero attached hydrogens (tertiary/aromatic N) is 1. The van der Waals surface area contributed by atoms with Gasteiger partial charge in [-0.15, -0.1) is 0 Å². The Morgan fingerprint density at radius 2 is 1.73 bits per heavy atom. The molecule has 1 saturated heterocycles. The molecule has 1 unspecified atom stereocenters. The molecule has 0 amide bonds. The summed E-state index contributed by atoms with van der Waals surface area (Å²) in [6, 6.07) is 0.467. The molecule has 2 rings (SSSR count). The van der Waals surface area contributed by atoms with E-state index in [-0.39, 0.29) is 0 Å². The summed E-state index contributed by atoms with van der Waals surface area (Å²) in [6.07, 6.45) is 8.99. The summed E-state index contributed by atoms with van der Waals surface area (Å²) in [6.45, 7) is 5.65. The lowest BCUT2D eigenvalue weighted by Gasteiger charge is -2.42. The average molecular weight is 211 g/mol. The second-order valence-electron chi connectivity index (χ2n) is 6.23. The zero-order valence-electron chi connectivity index (χ0n) is 10.2. The van der Waals surface area contributed by atoms with Crippen molar-refractivity contribution in [1.82, 2.24) is 5.06 Å². The molecule has 1 N–H and O–H groups in total. The maximum atomic E-state index is 9.88. The standard InChI is InChI=1S/C13H25NO/c1-13(2)8-6-11(7-9-13)12-5-3-4-10-14(12)15/h11-12,15H,3-10H2,1-2H3. The molecule has 2 heteroatoms. The highest BCUT2D eigenvalue weighted by molar-refractivity contribution is 4.86. The molecule has 0 aromatic heterocycles. The molecule has 0 bridgehead atoms. The van der Waals surface area contributed by atoms with E-state index < -0.39 is 0 Å². The summed E-state index contributed by atoms with van der Waals surface area (Å²) in [4.78, 5) is 0. The first kappa shape index (κ1) is 11.4. The molecular formula is C13H25NO. The van der Waals surface area contributed by atoms with E-state index in [1.54, 1.807) is 5.06 Å². The maximum Gasteiger partial charge on any atom is 0.0378 e. The molecule has 2 aliphatic rings. The Bertz CT molecular complexity index is 205. The summed E-state index contributed by atoms with van der Waals surface area (Å²) in [5.41, 5.74) is 0.547. The van der Waals surface area contributed by atoms with Crippen molar-refractivity contribution < 1.29 is 5.21 Å². The van der Waals surface area contributed by atoms with Gasteiger partial charge in [-0.2, -0.15) is 5.06 Å². The highest BCUT2D eigenvalue weighted by Crippen LogP contribution is 2.41. The van der Waals surface area contributed by atoms with Gasteiger partial charge in [-0.25, -0.2) is 0 Å². The normalized spacial score (nSPS) is 34.2. The van der Waals surface area contributed by atoms with Crippen LogP contribution in [0.15, 0.2) is 0 Å². The van der Waals surface area contributed by atoms with Gasteiger partial charge in [0.25, 0.3) is 0 Å². The van der Waals surface area contributed by atoms with Crippen LogP contribution >= 0.6 is 0 Å². The summed E-state index contributed by atoms with van der Waals surface area (Å²) in [7, 11) is 0. The fourth-order valence-electron chi connectivity index (χ4n) is 3.23. The summed E-state index contributed by atoms with van der Waals surface area (Å²) < 4.78 is 0. The summed E-state index contributed by atoms with van der Waals surface area (Å²) >= 11 is 0. The molecule has 0 spiro atoms. The van der Waals surface area contributed by atoms with Gasteiger partial charge < -0.3 is 5.21 Å². The molecular weight excluding hydrogens is 186 g/mol. The van der Waals surface area contributed by atoms with E-state index in [1.165, 1.54) is 44.9 Å². The Labute approximate surface area is 93.6 Å². The van der Waals surface area contributed by atoms with E-state index >= 15 is 0 Å². The van der Waals surface area contributed by atoms with E-state index in [1.807, 2.05) is 0 Å². The van der Waals surface area contributed by atoms with Crippen LogP contribution in [0.25, 0.3) is 0 Å². The van der Waals surface area contributed by atoms with Crippen LogP contribution in [0.2, 0.25) is 0 Å². The van der Waals surface area contributed by atoms with Crippen LogP contribution in [-0.2, 0) is 0 Å². The van der Waals surface area contributed by atoms with Gasteiger partial charge in [-0.1, -0.05) is 20.3 Å². The zero-order chi connectivity index (χ0) is 10.9. The number of hydrogen-bond acceptors (Lipinski definition) is 2. The topological polar surface area (TPSA) is 23.5 Å². The van der Waals surface area contributed by atoms with E-state index in [0.717, 1.165) is 12.5 Å². The van der Waals surface area contributed by atoms with E-state index in [2.05, 4.69) is 13.8 Å². The molecule has 2 nitrogen and oxygen atoms in total. The molecule has 0 aromatic rings. The van der Waals surface area contributed by atoms with Gasteiger partial charge in [0, 0.05) is 12.6 Å². The highest BCUT2D eigenvalue weighted by atomic mass is 16.5. The SMILES string of the molecule is CC1(C)CCC(C2CCCCN2O)CC1. The zero-order valence-corrected chi connectivity index (χ0v) is 10.2. The van der Waals surface area contributed by atoms with Gasteiger partial charge >= 0.3 is 0 Å². The Balaban J connectivity index is 1.89. The smallest absolute Gasteiger partial charge is 0.0378 e. The molecule has 1 saturated carbocycles. The van der Waals surface area contributed by atoms with Crippen LogP contribution in [-0.4, -0.2) is 22.9 Å². The molecule has 1 atom stereocenters. The number of hydrogen-bond donors (Lipinski definition) is 1. The molecule has 15 heavy (non-hydrogen) atoms. The minimum Gasteiger partial charge on any atom is -0.314 e. The van der Waals surface area contributed by atoms with Crippen molar-refractivity contribution in [3.8, 4) is 0 Å². The monoisotopic (exact) mass is 211 g/mol. The lowest BCUT2D eigenvalue weighted by atomic mass is 9.70. The van der Waals surface area contributed by atoms with Crippen LogP contribution in [0.3, 0.4) is 0 Å². The van der Waals surface area contributed by atoms with Gasteiger partial charge in [0.1, 0.15) is 0 Å². The lowest BCUT2D eigenvalue weighted by molar-refractivity contribution is -0.161. The minimum atomic E-state index is 0.467. The molecule has 0 aromatic carbocycles. The number of hydroxylamine groups is 2. The summed E-state index contributed by atoms with van der Waals surface area (Å²) in [5.74, 6) is 0.753. The first-order valence-electron chi connectivity index (χ1n) is 6.54. The van der Waals surface area contributed by atoms with Gasteiger partial charge in [0.05, 0.1) is 0 Å². The van der Waals surface area contributed by atoms with Crippen molar-refractivity contribution in [2.45, 2.75) is 64.8 Å². The Morgan fingerprint density at radius 3 is 2.33 bits per heavy atom. The van der Waals surface area contributed by atoms with Crippen molar-refractivity contribution in [3.63, 3.8) is 0 Å². The van der Waals surface area contributed by atoms with E-state index in [0.29, 0.717) is 11.5 Å². The quantitative estimate of drug-likeness (QED) is 0.718. The van der Waals surface area contributed by atoms with Crippen LogP contribution < -0.4 is 0 Å². The van der Waals surface area contributed by atoms with Crippen molar-refractivity contribution in [1.29, 1.82) is 0 Å². The van der Waals surface area contributed by atoms with Crippen LogP contribution in [0, 0.1) is 11.3 Å². The predicted octanol–water partition coefficient (Wildman–Crippen LogP) is 3.45. The van der Waals surface area contributed by atoms with Crippen molar-refractivity contribution in [2.24, 2.45) is 11.3 Å².